The number of rotatable bonds is 8. The largest absolute Gasteiger partial charge is 0.497 e. The maximum atomic E-state index is 13.3. The number of amides is 1. The molecule has 0 N–H and O–H groups in total. The molecule has 8 heteroatoms. The molecule has 0 aliphatic carbocycles. The zero-order valence-electron chi connectivity index (χ0n) is 17.6. The van der Waals surface area contributed by atoms with E-state index in [0.29, 0.717) is 34.5 Å². The van der Waals surface area contributed by atoms with E-state index in [1.54, 1.807) is 24.1 Å². The van der Waals surface area contributed by atoms with E-state index in [4.69, 9.17) is 18.9 Å². The highest BCUT2D eigenvalue weighted by Crippen LogP contribution is 2.39. The molecule has 0 saturated carbocycles. The Hall–Kier alpha value is -3.26. The second-order valence-corrected chi connectivity index (χ2v) is 7.04. The van der Waals surface area contributed by atoms with Crippen LogP contribution in [-0.4, -0.2) is 45.9 Å². The van der Waals surface area contributed by atoms with Gasteiger partial charge in [0.1, 0.15) is 5.75 Å². The summed E-state index contributed by atoms with van der Waals surface area (Å²) in [6, 6.07) is 10.9. The van der Waals surface area contributed by atoms with E-state index in [9.17, 15) is 4.79 Å². The summed E-state index contributed by atoms with van der Waals surface area (Å²) in [5.41, 5.74) is 2.18. The molecule has 30 heavy (non-hydrogen) atoms. The summed E-state index contributed by atoms with van der Waals surface area (Å²) in [5, 5.41) is 2.55. The van der Waals surface area contributed by atoms with Crippen molar-refractivity contribution in [1.29, 1.82) is 0 Å². The lowest BCUT2D eigenvalue weighted by atomic mass is 10.1. The number of nitrogens with zero attached hydrogens (tertiary/aromatic N) is 2. The average molecular weight is 429 g/mol. The van der Waals surface area contributed by atoms with Crippen LogP contribution < -0.4 is 23.8 Å². The van der Waals surface area contributed by atoms with Crippen LogP contribution in [0.4, 0.5) is 5.13 Å². The van der Waals surface area contributed by atoms with Crippen molar-refractivity contribution < 1.29 is 23.7 Å². The highest BCUT2D eigenvalue weighted by atomic mass is 32.1. The fraction of sp³-hybridized carbons (Fsp3) is 0.273. The number of aromatic nitrogens is 1. The van der Waals surface area contributed by atoms with Gasteiger partial charge in [-0.1, -0.05) is 0 Å². The number of ether oxygens (including phenoxy) is 4. The van der Waals surface area contributed by atoms with Crippen molar-refractivity contribution in [2.75, 3.05) is 39.9 Å². The normalized spacial score (nSPS) is 10.4. The van der Waals surface area contributed by atoms with Gasteiger partial charge in [0.2, 0.25) is 5.75 Å². The topological polar surface area (TPSA) is 70.1 Å². The molecular formula is C22H24N2O5S. The van der Waals surface area contributed by atoms with E-state index >= 15 is 0 Å². The highest BCUT2D eigenvalue weighted by molar-refractivity contribution is 7.14. The Morgan fingerprint density at radius 3 is 2.10 bits per heavy atom. The number of hydrogen-bond acceptors (Lipinski definition) is 7. The number of hydrogen-bond donors (Lipinski definition) is 0. The molecular weight excluding hydrogens is 404 g/mol. The summed E-state index contributed by atoms with van der Waals surface area (Å²) in [5.74, 6) is 1.87. The van der Waals surface area contributed by atoms with Gasteiger partial charge in [-0.05, 0) is 43.3 Å². The molecule has 0 aliphatic rings. The van der Waals surface area contributed by atoms with Gasteiger partial charge in [-0.25, -0.2) is 4.98 Å². The van der Waals surface area contributed by atoms with Crippen LogP contribution >= 0.6 is 11.3 Å². The first-order chi connectivity index (χ1) is 14.6. The Morgan fingerprint density at radius 1 is 0.967 bits per heavy atom. The van der Waals surface area contributed by atoms with E-state index in [1.165, 1.54) is 32.7 Å². The Labute approximate surface area is 179 Å². The third kappa shape index (κ3) is 4.18. The second kappa shape index (κ2) is 9.49. The third-order valence-corrected chi connectivity index (χ3v) is 5.45. The van der Waals surface area contributed by atoms with Crippen LogP contribution in [0.25, 0.3) is 11.3 Å². The molecule has 7 nitrogen and oxygen atoms in total. The lowest BCUT2D eigenvalue weighted by Gasteiger charge is -2.19. The molecule has 0 radical (unpaired) electrons. The van der Waals surface area contributed by atoms with E-state index < -0.39 is 0 Å². The number of anilines is 1. The number of methoxy groups -OCH3 is 4. The van der Waals surface area contributed by atoms with Crippen molar-refractivity contribution in [3.63, 3.8) is 0 Å². The Kier molecular flexibility index (Phi) is 6.79. The summed E-state index contributed by atoms with van der Waals surface area (Å²) in [7, 11) is 6.19. The maximum absolute atomic E-state index is 13.3. The third-order valence-electron chi connectivity index (χ3n) is 4.58. The van der Waals surface area contributed by atoms with Gasteiger partial charge in [-0.15, -0.1) is 11.3 Å². The van der Waals surface area contributed by atoms with Gasteiger partial charge in [0.05, 0.1) is 34.1 Å². The van der Waals surface area contributed by atoms with Gasteiger partial charge >= 0.3 is 0 Å². The second-order valence-electron chi connectivity index (χ2n) is 6.21. The Morgan fingerprint density at radius 2 is 1.60 bits per heavy atom. The number of carbonyl (C=O) groups excluding carboxylic acids is 1. The van der Waals surface area contributed by atoms with E-state index in [-0.39, 0.29) is 5.91 Å². The molecule has 0 fully saturated rings. The van der Waals surface area contributed by atoms with Crippen LogP contribution in [0.15, 0.2) is 41.8 Å². The van der Waals surface area contributed by atoms with Gasteiger partial charge in [-0.3, -0.25) is 9.69 Å². The minimum Gasteiger partial charge on any atom is -0.497 e. The molecule has 0 unspecified atom stereocenters. The molecule has 1 amide bonds. The van der Waals surface area contributed by atoms with Crippen molar-refractivity contribution in [2.45, 2.75) is 6.92 Å². The van der Waals surface area contributed by atoms with Gasteiger partial charge in [0.25, 0.3) is 5.91 Å². The zero-order chi connectivity index (χ0) is 21.7. The highest BCUT2D eigenvalue weighted by Gasteiger charge is 2.23. The van der Waals surface area contributed by atoms with Crippen LogP contribution in [0.3, 0.4) is 0 Å². The number of benzene rings is 2. The van der Waals surface area contributed by atoms with Crippen molar-refractivity contribution in [1.82, 2.24) is 4.98 Å². The molecule has 3 aromatic rings. The number of carbonyl (C=O) groups is 1. The van der Waals surface area contributed by atoms with Crippen LogP contribution in [0, 0.1) is 0 Å². The van der Waals surface area contributed by atoms with Gasteiger partial charge in [0, 0.05) is 23.1 Å². The lowest BCUT2D eigenvalue weighted by Crippen LogP contribution is -2.30. The average Bonchev–Trinajstić information content (AvgIpc) is 3.28. The maximum Gasteiger partial charge on any atom is 0.260 e. The van der Waals surface area contributed by atoms with E-state index in [0.717, 1.165) is 17.0 Å². The molecule has 3 rings (SSSR count). The predicted octanol–water partition coefficient (Wildman–Crippen LogP) is 4.51. The molecule has 0 bridgehead atoms. The smallest absolute Gasteiger partial charge is 0.260 e. The summed E-state index contributed by atoms with van der Waals surface area (Å²) in [6.45, 7) is 2.37. The van der Waals surface area contributed by atoms with Crippen LogP contribution in [0.5, 0.6) is 23.0 Å². The molecule has 0 spiro atoms. The van der Waals surface area contributed by atoms with Gasteiger partial charge in [0.15, 0.2) is 16.6 Å². The first-order valence-corrected chi connectivity index (χ1v) is 10.2. The fourth-order valence-electron chi connectivity index (χ4n) is 3.01. The molecule has 158 valence electrons. The summed E-state index contributed by atoms with van der Waals surface area (Å²) in [6.07, 6.45) is 0. The molecule has 0 aliphatic heterocycles. The standard InChI is InChI=1S/C22H24N2O5S/c1-6-24(21(25)15-11-18(27-3)20(29-5)19(12-15)28-4)22-23-17(13-30-22)14-7-9-16(26-2)10-8-14/h7-13H,6H2,1-5H3. The van der Waals surface area contributed by atoms with Crippen molar-refractivity contribution in [2.24, 2.45) is 0 Å². The van der Waals surface area contributed by atoms with Crippen LogP contribution in [0.1, 0.15) is 17.3 Å². The van der Waals surface area contributed by atoms with Gasteiger partial charge < -0.3 is 18.9 Å². The summed E-state index contributed by atoms with van der Waals surface area (Å²) >= 11 is 1.41. The fourth-order valence-corrected chi connectivity index (χ4v) is 3.90. The first-order valence-electron chi connectivity index (χ1n) is 9.28. The van der Waals surface area contributed by atoms with Crippen molar-refractivity contribution in [3.05, 3.63) is 47.3 Å². The Balaban J connectivity index is 1.92. The first kappa shape index (κ1) is 21.4. The molecule has 0 saturated heterocycles. The minimum atomic E-state index is -0.201. The number of thiazole rings is 1. The van der Waals surface area contributed by atoms with Crippen molar-refractivity contribution >= 4 is 22.4 Å². The molecule has 2 aromatic carbocycles. The van der Waals surface area contributed by atoms with Crippen LogP contribution in [-0.2, 0) is 0 Å². The van der Waals surface area contributed by atoms with Crippen LogP contribution in [0.2, 0.25) is 0 Å². The SMILES string of the molecule is CCN(C(=O)c1cc(OC)c(OC)c(OC)c1)c1nc(-c2ccc(OC)cc2)cs1. The zero-order valence-corrected chi connectivity index (χ0v) is 18.4. The molecule has 0 atom stereocenters. The molecule has 1 heterocycles. The van der Waals surface area contributed by atoms with Crippen molar-refractivity contribution in [3.8, 4) is 34.3 Å². The predicted molar refractivity (Wildman–Crippen MR) is 118 cm³/mol. The summed E-state index contributed by atoms with van der Waals surface area (Å²) < 4.78 is 21.3. The monoisotopic (exact) mass is 428 g/mol. The Bertz CT molecular complexity index is 992. The summed E-state index contributed by atoms with van der Waals surface area (Å²) in [4.78, 5) is 19.6. The molecule has 1 aromatic heterocycles. The van der Waals surface area contributed by atoms with Gasteiger partial charge in [-0.2, -0.15) is 0 Å². The quantitative estimate of drug-likeness (QED) is 0.526. The minimum absolute atomic E-state index is 0.201. The lowest BCUT2D eigenvalue weighted by molar-refractivity contribution is 0.0987. The van der Waals surface area contributed by atoms with E-state index in [1.807, 2.05) is 36.6 Å². The van der Waals surface area contributed by atoms with E-state index in [2.05, 4.69) is 4.98 Å².